The summed E-state index contributed by atoms with van der Waals surface area (Å²) in [7, 11) is 1.44. The van der Waals surface area contributed by atoms with Crippen molar-refractivity contribution in [1.29, 1.82) is 0 Å². The van der Waals surface area contributed by atoms with Crippen molar-refractivity contribution in [3.63, 3.8) is 0 Å². The first kappa shape index (κ1) is 16.9. The Labute approximate surface area is 120 Å². The molecule has 20 heavy (non-hydrogen) atoms. The summed E-state index contributed by atoms with van der Waals surface area (Å²) in [4.78, 5) is 10.8. The van der Waals surface area contributed by atoms with Crippen molar-refractivity contribution in [2.24, 2.45) is 0 Å². The average Bonchev–Trinajstić information content (AvgIpc) is 2.41. The number of thioether (sulfide) groups is 1. The highest BCUT2D eigenvalue weighted by molar-refractivity contribution is 8.13. The fraction of sp³-hybridized carbons (Fsp3) is 0.462. The number of carbonyl (C=O) groups excluding carboxylic acids is 1. The lowest BCUT2D eigenvalue weighted by Crippen LogP contribution is -2.22. The maximum Gasteiger partial charge on any atom is 0.188 e. The fourth-order valence-electron chi connectivity index (χ4n) is 1.47. The van der Waals surface area contributed by atoms with Gasteiger partial charge in [0.05, 0.1) is 6.10 Å². The zero-order valence-electron chi connectivity index (χ0n) is 11.2. The highest BCUT2D eigenvalue weighted by Gasteiger charge is 2.22. The minimum atomic E-state index is -1.40. The molecule has 0 saturated carbocycles. The highest BCUT2D eigenvalue weighted by atomic mass is 32.2. The van der Waals surface area contributed by atoms with Crippen LogP contribution >= 0.6 is 11.8 Å². The number of hydrogen-bond donors (Lipinski definition) is 2. The number of benzene rings is 1. The maximum atomic E-state index is 13.8. The first-order valence-corrected chi connectivity index (χ1v) is 6.85. The van der Waals surface area contributed by atoms with Gasteiger partial charge in [-0.3, -0.25) is 4.79 Å². The molecule has 0 radical (unpaired) electrons. The summed E-state index contributed by atoms with van der Waals surface area (Å²) >= 11 is 0.870. The van der Waals surface area contributed by atoms with Crippen LogP contribution in [0.4, 0.5) is 4.39 Å². The third-order valence-electron chi connectivity index (χ3n) is 2.46. The Morgan fingerprint density at radius 2 is 2.15 bits per heavy atom. The van der Waals surface area contributed by atoms with Crippen molar-refractivity contribution in [2.75, 3.05) is 19.7 Å². The van der Waals surface area contributed by atoms with Gasteiger partial charge in [-0.1, -0.05) is 11.8 Å². The monoisotopic (exact) mass is 304 g/mol. The molecule has 1 aromatic rings. The largest absolute Gasteiger partial charge is 0.467 e. The molecule has 0 saturated heterocycles. The quantitative estimate of drug-likeness (QED) is 0.743. The zero-order valence-corrected chi connectivity index (χ0v) is 12.0. The number of ether oxygens (including phenoxy) is 2. The molecule has 2 atom stereocenters. The minimum Gasteiger partial charge on any atom is -0.467 e. The lowest BCUT2D eigenvalue weighted by Gasteiger charge is -2.18. The first-order chi connectivity index (χ1) is 9.45. The van der Waals surface area contributed by atoms with Crippen LogP contribution in [0.15, 0.2) is 18.2 Å². The van der Waals surface area contributed by atoms with Crippen molar-refractivity contribution in [3.8, 4) is 5.75 Å². The van der Waals surface area contributed by atoms with E-state index in [0.717, 1.165) is 17.8 Å². The van der Waals surface area contributed by atoms with Gasteiger partial charge in [-0.05, 0) is 12.1 Å². The van der Waals surface area contributed by atoms with E-state index in [1.807, 2.05) is 0 Å². The topological polar surface area (TPSA) is 76.0 Å². The summed E-state index contributed by atoms with van der Waals surface area (Å²) in [5, 5.41) is 19.4. The molecular formula is C13H17FO5S. The van der Waals surface area contributed by atoms with E-state index in [0.29, 0.717) is 0 Å². The van der Waals surface area contributed by atoms with Crippen molar-refractivity contribution >= 4 is 16.9 Å². The lowest BCUT2D eigenvalue weighted by molar-refractivity contribution is -0.109. The summed E-state index contributed by atoms with van der Waals surface area (Å²) in [5.41, 5.74) is -0.0496. The molecule has 2 N–H and O–H groups in total. The van der Waals surface area contributed by atoms with Crippen molar-refractivity contribution in [2.45, 2.75) is 19.1 Å². The van der Waals surface area contributed by atoms with Gasteiger partial charge in [-0.15, -0.1) is 0 Å². The Morgan fingerprint density at radius 3 is 2.70 bits per heavy atom. The van der Waals surface area contributed by atoms with Gasteiger partial charge >= 0.3 is 0 Å². The number of halogens is 1. The van der Waals surface area contributed by atoms with E-state index in [-0.39, 0.29) is 29.0 Å². The van der Waals surface area contributed by atoms with Crippen molar-refractivity contribution < 1.29 is 28.9 Å². The van der Waals surface area contributed by atoms with Crippen molar-refractivity contribution in [1.82, 2.24) is 0 Å². The Kier molecular flexibility index (Phi) is 6.94. The molecule has 0 bridgehead atoms. The molecule has 1 rings (SSSR count). The van der Waals surface area contributed by atoms with Crippen LogP contribution < -0.4 is 4.74 Å². The van der Waals surface area contributed by atoms with Gasteiger partial charge in [-0.2, -0.15) is 0 Å². The second kappa shape index (κ2) is 8.21. The van der Waals surface area contributed by atoms with Gasteiger partial charge < -0.3 is 19.7 Å². The van der Waals surface area contributed by atoms with E-state index < -0.39 is 18.0 Å². The van der Waals surface area contributed by atoms with Crippen LogP contribution in [0.25, 0.3) is 0 Å². The fourth-order valence-corrected chi connectivity index (χ4v) is 2.05. The summed E-state index contributed by atoms with van der Waals surface area (Å²) in [5.74, 6) is -0.441. The van der Waals surface area contributed by atoms with Crippen LogP contribution in [0.1, 0.15) is 18.6 Å². The number of carbonyl (C=O) groups is 1. The minimum absolute atomic E-state index is 0.00212. The Balaban J connectivity index is 2.72. The van der Waals surface area contributed by atoms with Crippen LogP contribution in [0, 0.1) is 5.82 Å². The molecule has 112 valence electrons. The smallest absolute Gasteiger partial charge is 0.188 e. The Morgan fingerprint density at radius 1 is 1.45 bits per heavy atom. The third-order valence-corrected chi connectivity index (χ3v) is 3.37. The molecule has 0 heterocycles. The number of aliphatic hydroxyl groups excluding tert-OH is 2. The molecular weight excluding hydrogens is 287 g/mol. The molecule has 0 aliphatic rings. The Hall–Kier alpha value is -1.15. The van der Waals surface area contributed by atoms with Gasteiger partial charge in [0, 0.05) is 31.4 Å². The predicted molar refractivity (Wildman–Crippen MR) is 73.0 cm³/mol. The van der Waals surface area contributed by atoms with Crippen LogP contribution in [-0.4, -0.2) is 41.1 Å². The van der Waals surface area contributed by atoms with Gasteiger partial charge in [0.1, 0.15) is 17.7 Å². The molecule has 0 aliphatic heterocycles. The number of aliphatic hydroxyl groups is 2. The first-order valence-electron chi connectivity index (χ1n) is 5.86. The molecule has 0 fully saturated rings. The molecule has 7 heteroatoms. The normalized spacial score (nSPS) is 13.8. The molecule has 0 amide bonds. The van der Waals surface area contributed by atoms with E-state index in [1.54, 1.807) is 0 Å². The molecule has 0 aromatic heterocycles. The number of hydrogen-bond acceptors (Lipinski definition) is 6. The van der Waals surface area contributed by atoms with E-state index >= 15 is 0 Å². The Bertz CT molecular complexity index is 454. The summed E-state index contributed by atoms with van der Waals surface area (Å²) in [6.45, 7) is 1.34. The van der Waals surface area contributed by atoms with E-state index in [4.69, 9.17) is 4.74 Å². The highest BCUT2D eigenvalue weighted by Crippen LogP contribution is 2.25. The zero-order chi connectivity index (χ0) is 15.1. The number of methoxy groups -OCH3 is 1. The summed E-state index contributed by atoms with van der Waals surface area (Å²) < 4.78 is 23.6. The van der Waals surface area contributed by atoms with Gasteiger partial charge in [0.15, 0.2) is 11.9 Å². The van der Waals surface area contributed by atoms with Crippen molar-refractivity contribution in [3.05, 3.63) is 29.6 Å². The predicted octanol–water partition coefficient (Wildman–Crippen LogP) is 1.48. The van der Waals surface area contributed by atoms with Gasteiger partial charge in [-0.25, -0.2) is 4.39 Å². The van der Waals surface area contributed by atoms with Crippen LogP contribution in [0.3, 0.4) is 0 Å². The van der Waals surface area contributed by atoms with E-state index in [9.17, 15) is 19.4 Å². The average molecular weight is 304 g/mol. The van der Waals surface area contributed by atoms with E-state index in [1.165, 1.54) is 26.2 Å². The number of rotatable bonds is 7. The standard InChI is InChI=1S/C13H17FO5S/c1-8(15)20-6-12(16)13(17)10-4-3-9(5-11(10)14)19-7-18-2/h3-5,12-13,16-17H,6-7H2,1-2H3. The third kappa shape index (κ3) is 5.09. The molecule has 1 aromatic carbocycles. The second-order valence-corrected chi connectivity index (χ2v) is 5.25. The SMILES string of the molecule is COCOc1ccc(C(O)C(O)CSC(C)=O)c(F)c1. The van der Waals surface area contributed by atoms with E-state index in [2.05, 4.69) is 4.74 Å². The van der Waals surface area contributed by atoms with Gasteiger partial charge in [0.25, 0.3) is 0 Å². The van der Waals surface area contributed by atoms with Crippen LogP contribution in [0.5, 0.6) is 5.75 Å². The van der Waals surface area contributed by atoms with Crippen LogP contribution in [0.2, 0.25) is 0 Å². The summed E-state index contributed by atoms with van der Waals surface area (Å²) in [6.07, 6.45) is -2.64. The lowest BCUT2D eigenvalue weighted by atomic mass is 10.0. The molecule has 5 nitrogen and oxygen atoms in total. The van der Waals surface area contributed by atoms with Crippen LogP contribution in [-0.2, 0) is 9.53 Å². The molecule has 2 unspecified atom stereocenters. The molecule has 0 aliphatic carbocycles. The van der Waals surface area contributed by atoms with Gasteiger partial charge in [0.2, 0.25) is 0 Å². The second-order valence-electron chi connectivity index (χ2n) is 4.05. The maximum absolute atomic E-state index is 13.8. The summed E-state index contributed by atoms with van der Waals surface area (Å²) in [6, 6.07) is 3.89. The molecule has 0 spiro atoms.